The molecule has 1 fully saturated rings. The number of allylic oxidation sites excluding steroid dienone is 8. The standard InChI is InChI=1S/C65H114O12/c1-4-7-10-13-16-19-22-25-27-29-31-34-36-39-42-45-48-51-57(66)73-54-56(75-58(67)52-49-46-43-40-37-33-24-21-18-15-12-9-6-3)55-74-65-63(61(70)60(69)62(77-65)64(71)72)76-59(68)53-50-47-44-41-38-35-32-30-28-26-23-20-17-14-11-8-5-2/h8,11,17,20,26,28,32,35,56,60-63,65,69-70H,4-7,9-10,12-16,18-19,21-25,27,29-31,33-34,36-55H2,1-3H3,(H,71,72)/b11-8-,20-17-,28-26-,35-32-. The molecule has 0 aromatic rings. The van der Waals surface area contributed by atoms with Crippen molar-refractivity contribution in [2.24, 2.45) is 0 Å². The van der Waals surface area contributed by atoms with Crippen molar-refractivity contribution < 1.29 is 58.2 Å². The van der Waals surface area contributed by atoms with Crippen LogP contribution in [0.4, 0.5) is 0 Å². The van der Waals surface area contributed by atoms with E-state index in [1.54, 1.807) is 0 Å². The highest BCUT2D eigenvalue weighted by molar-refractivity contribution is 5.74. The van der Waals surface area contributed by atoms with Crippen LogP contribution < -0.4 is 0 Å². The molecule has 1 aliphatic rings. The van der Waals surface area contributed by atoms with Crippen LogP contribution in [0.25, 0.3) is 0 Å². The monoisotopic (exact) mass is 1090 g/mol. The smallest absolute Gasteiger partial charge is 0.335 e. The van der Waals surface area contributed by atoms with Gasteiger partial charge in [0.25, 0.3) is 0 Å². The van der Waals surface area contributed by atoms with Gasteiger partial charge < -0.3 is 39.0 Å². The maximum Gasteiger partial charge on any atom is 0.335 e. The predicted molar refractivity (Wildman–Crippen MR) is 312 cm³/mol. The lowest BCUT2D eigenvalue weighted by Gasteiger charge is -2.40. The zero-order chi connectivity index (χ0) is 56.1. The molecule has 1 rings (SSSR count). The third-order valence-electron chi connectivity index (χ3n) is 14.4. The van der Waals surface area contributed by atoms with Crippen LogP contribution in [-0.2, 0) is 42.9 Å². The Morgan fingerprint density at radius 3 is 1.25 bits per heavy atom. The number of carbonyl (C=O) groups is 4. The van der Waals surface area contributed by atoms with Gasteiger partial charge in [0.1, 0.15) is 18.8 Å². The number of carbonyl (C=O) groups excluding carboxylic acids is 3. The average Bonchev–Trinajstić information content (AvgIpc) is 3.42. The quantitative estimate of drug-likeness (QED) is 0.0228. The first-order chi connectivity index (χ1) is 37.6. The number of carboxylic acid groups (broad SMARTS) is 1. The second kappa shape index (κ2) is 53.3. The SMILES string of the molecule is CC/C=C\C/C=C\C/C=C\C/C=C\CCCCCCC(=O)OC1C(OCC(COC(=O)CCCCCCCCCCCCCCCCCCC)OC(=O)CCCCCCCCCCCCCCC)OC(C(=O)O)C(O)C1O. The van der Waals surface area contributed by atoms with E-state index in [9.17, 15) is 34.5 Å². The number of unbranched alkanes of at least 4 members (excludes halogenated alkanes) is 32. The van der Waals surface area contributed by atoms with Gasteiger partial charge in [-0.15, -0.1) is 0 Å². The Balaban J connectivity index is 2.66. The van der Waals surface area contributed by atoms with Crippen molar-refractivity contribution in [1.82, 2.24) is 0 Å². The average molecular weight is 1090 g/mol. The van der Waals surface area contributed by atoms with E-state index in [-0.39, 0.29) is 25.9 Å². The Labute approximate surface area is 469 Å². The molecule has 1 saturated heterocycles. The lowest BCUT2D eigenvalue weighted by atomic mass is 9.98. The molecule has 0 radical (unpaired) electrons. The summed E-state index contributed by atoms with van der Waals surface area (Å²) in [4.78, 5) is 51.2. The fourth-order valence-corrected chi connectivity index (χ4v) is 9.60. The number of ether oxygens (including phenoxy) is 5. The summed E-state index contributed by atoms with van der Waals surface area (Å²) in [7, 11) is 0. The normalized spacial score (nSPS) is 18.3. The van der Waals surface area contributed by atoms with Gasteiger partial charge in [0.05, 0.1) is 6.61 Å². The molecule has 1 aliphatic heterocycles. The number of hydrogen-bond acceptors (Lipinski definition) is 11. The summed E-state index contributed by atoms with van der Waals surface area (Å²) in [6.45, 7) is 5.91. The van der Waals surface area contributed by atoms with Crippen molar-refractivity contribution in [2.75, 3.05) is 13.2 Å². The van der Waals surface area contributed by atoms with E-state index in [1.165, 1.54) is 141 Å². The number of esters is 3. The second-order valence-electron chi connectivity index (χ2n) is 21.7. The van der Waals surface area contributed by atoms with E-state index in [1.807, 2.05) is 0 Å². The molecule has 77 heavy (non-hydrogen) atoms. The number of aliphatic hydroxyl groups excluding tert-OH is 2. The third kappa shape index (κ3) is 43.2. The summed E-state index contributed by atoms with van der Waals surface area (Å²) in [6.07, 6.45) is 52.1. The van der Waals surface area contributed by atoms with E-state index in [0.717, 1.165) is 89.9 Å². The van der Waals surface area contributed by atoms with Crippen LogP contribution >= 0.6 is 0 Å². The Hall–Kier alpha value is -3.32. The summed E-state index contributed by atoms with van der Waals surface area (Å²) in [5.74, 6) is -3.12. The van der Waals surface area contributed by atoms with Gasteiger partial charge in [0, 0.05) is 19.3 Å². The summed E-state index contributed by atoms with van der Waals surface area (Å²) < 4.78 is 28.5. The lowest BCUT2D eigenvalue weighted by Crippen LogP contribution is -2.61. The molecule has 0 bridgehead atoms. The van der Waals surface area contributed by atoms with Crippen LogP contribution in [0.1, 0.15) is 290 Å². The number of aliphatic hydroxyl groups is 2. The molecule has 0 aromatic heterocycles. The Bertz CT molecular complexity index is 1520. The molecule has 0 saturated carbocycles. The first kappa shape index (κ1) is 71.7. The topological polar surface area (TPSA) is 175 Å². The van der Waals surface area contributed by atoms with Gasteiger partial charge in [-0.05, 0) is 57.8 Å². The number of carboxylic acids is 1. The van der Waals surface area contributed by atoms with Crippen molar-refractivity contribution in [3.63, 3.8) is 0 Å². The maximum atomic E-state index is 13.2. The summed E-state index contributed by atoms with van der Waals surface area (Å²) >= 11 is 0. The van der Waals surface area contributed by atoms with E-state index < -0.39 is 67.3 Å². The highest BCUT2D eigenvalue weighted by atomic mass is 16.7. The third-order valence-corrected chi connectivity index (χ3v) is 14.4. The van der Waals surface area contributed by atoms with Crippen LogP contribution in [0, 0.1) is 0 Å². The van der Waals surface area contributed by atoms with Gasteiger partial charge in [0.15, 0.2) is 24.6 Å². The Kier molecular flexibility index (Phi) is 49.7. The summed E-state index contributed by atoms with van der Waals surface area (Å²) in [6, 6.07) is 0. The lowest BCUT2D eigenvalue weighted by molar-refractivity contribution is -0.301. The van der Waals surface area contributed by atoms with E-state index in [0.29, 0.717) is 19.3 Å². The molecule has 6 unspecified atom stereocenters. The van der Waals surface area contributed by atoms with Crippen molar-refractivity contribution in [1.29, 1.82) is 0 Å². The Morgan fingerprint density at radius 2 is 0.818 bits per heavy atom. The zero-order valence-corrected chi connectivity index (χ0v) is 49.2. The van der Waals surface area contributed by atoms with E-state index in [4.69, 9.17) is 23.7 Å². The minimum absolute atomic E-state index is 0.0349. The maximum absolute atomic E-state index is 13.2. The minimum atomic E-state index is -1.91. The first-order valence-corrected chi connectivity index (χ1v) is 31.6. The van der Waals surface area contributed by atoms with Crippen LogP contribution in [-0.4, -0.2) is 89.2 Å². The van der Waals surface area contributed by atoms with Crippen LogP contribution in [0.5, 0.6) is 0 Å². The molecule has 1 heterocycles. The van der Waals surface area contributed by atoms with E-state index >= 15 is 0 Å². The second-order valence-corrected chi connectivity index (χ2v) is 21.7. The number of hydrogen-bond donors (Lipinski definition) is 3. The molecule has 6 atom stereocenters. The fourth-order valence-electron chi connectivity index (χ4n) is 9.60. The van der Waals surface area contributed by atoms with Crippen LogP contribution in [0.3, 0.4) is 0 Å². The molecule has 12 nitrogen and oxygen atoms in total. The van der Waals surface area contributed by atoms with Gasteiger partial charge in [-0.1, -0.05) is 262 Å². The molecule has 0 aliphatic carbocycles. The molecule has 0 spiro atoms. The highest BCUT2D eigenvalue weighted by Crippen LogP contribution is 2.27. The Morgan fingerprint density at radius 1 is 0.442 bits per heavy atom. The van der Waals surface area contributed by atoms with Gasteiger partial charge in [-0.3, -0.25) is 14.4 Å². The van der Waals surface area contributed by atoms with Gasteiger partial charge in [-0.2, -0.15) is 0 Å². The molecule has 12 heteroatoms. The number of rotatable bonds is 54. The van der Waals surface area contributed by atoms with Crippen molar-refractivity contribution >= 4 is 23.9 Å². The molecule has 446 valence electrons. The zero-order valence-electron chi connectivity index (χ0n) is 49.2. The van der Waals surface area contributed by atoms with Crippen molar-refractivity contribution in [3.8, 4) is 0 Å². The van der Waals surface area contributed by atoms with Crippen LogP contribution in [0.2, 0.25) is 0 Å². The van der Waals surface area contributed by atoms with Crippen LogP contribution in [0.15, 0.2) is 48.6 Å². The van der Waals surface area contributed by atoms with Gasteiger partial charge in [0.2, 0.25) is 0 Å². The predicted octanol–water partition coefficient (Wildman–Crippen LogP) is 16.6. The van der Waals surface area contributed by atoms with Gasteiger partial charge in [-0.25, -0.2) is 4.79 Å². The van der Waals surface area contributed by atoms with Gasteiger partial charge >= 0.3 is 23.9 Å². The largest absolute Gasteiger partial charge is 0.479 e. The van der Waals surface area contributed by atoms with Crippen molar-refractivity contribution in [2.45, 2.75) is 327 Å². The summed E-state index contributed by atoms with van der Waals surface area (Å²) in [5, 5.41) is 31.5. The molecule has 3 N–H and O–H groups in total. The molecular weight excluding hydrogens is 973 g/mol. The first-order valence-electron chi connectivity index (χ1n) is 31.6. The van der Waals surface area contributed by atoms with E-state index in [2.05, 4.69) is 69.4 Å². The summed E-state index contributed by atoms with van der Waals surface area (Å²) in [5.41, 5.74) is 0. The number of aliphatic carboxylic acids is 1. The molecular formula is C65H114O12. The molecule has 0 aromatic carbocycles. The van der Waals surface area contributed by atoms with Crippen molar-refractivity contribution in [3.05, 3.63) is 48.6 Å². The fraction of sp³-hybridized carbons (Fsp3) is 0.815. The minimum Gasteiger partial charge on any atom is -0.479 e. The molecule has 0 amide bonds. The highest BCUT2D eigenvalue weighted by Gasteiger charge is 2.50.